The van der Waals surface area contributed by atoms with Crippen molar-refractivity contribution in [2.45, 2.75) is 32.1 Å². The molecule has 0 amide bonds. The van der Waals surface area contributed by atoms with E-state index in [1.807, 2.05) is 12.1 Å². The van der Waals surface area contributed by atoms with Gasteiger partial charge in [0.15, 0.2) is 0 Å². The largest absolute Gasteiger partial charge is 0.207 e. The van der Waals surface area contributed by atoms with Crippen molar-refractivity contribution in [1.29, 1.82) is 0 Å². The van der Waals surface area contributed by atoms with Crippen molar-refractivity contribution in [2.24, 2.45) is 0 Å². The summed E-state index contributed by atoms with van der Waals surface area (Å²) in [6.07, 6.45) is 6.35. The van der Waals surface area contributed by atoms with E-state index in [-0.39, 0.29) is 5.82 Å². The van der Waals surface area contributed by atoms with E-state index in [9.17, 15) is 4.39 Å². The van der Waals surface area contributed by atoms with Crippen molar-refractivity contribution in [3.63, 3.8) is 0 Å². The summed E-state index contributed by atoms with van der Waals surface area (Å²) in [6, 6.07) is 6.90. The fourth-order valence-corrected chi connectivity index (χ4v) is 1.95. The zero-order valence-electron chi connectivity index (χ0n) is 7.72. The first-order valence-electron chi connectivity index (χ1n) is 4.97. The van der Waals surface area contributed by atoms with Crippen LogP contribution in [0.1, 0.15) is 37.7 Å². The molecule has 1 radical (unpaired) electrons. The minimum absolute atomic E-state index is 0.139. The Morgan fingerprint density at radius 2 is 1.46 bits per heavy atom. The molecule has 0 saturated heterocycles. The van der Waals surface area contributed by atoms with Crippen LogP contribution in [0.15, 0.2) is 24.3 Å². The van der Waals surface area contributed by atoms with Crippen molar-refractivity contribution in [1.82, 2.24) is 0 Å². The fraction of sp³-hybridized carbons (Fsp3) is 0.417. The molecule has 1 heteroatoms. The number of hydrogen-bond acceptors (Lipinski definition) is 0. The summed E-state index contributed by atoms with van der Waals surface area (Å²) in [4.78, 5) is 0. The van der Waals surface area contributed by atoms with Crippen LogP contribution < -0.4 is 0 Å². The highest BCUT2D eigenvalue weighted by atomic mass is 19.1. The highest BCUT2D eigenvalue weighted by molar-refractivity contribution is 5.31. The zero-order valence-corrected chi connectivity index (χ0v) is 7.72. The van der Waals surface area contributed by atoms with Gasteiger partial charge in [-0.3, -0.25) is 0 Å². The van der Waals surface area contributed by atoms with E-state index < -0.39 is 0 Å². The standard InChI is InChI=1S/C12H14F/c13-12-8-6-11(7-9-12)10-4-2-1-3-5-10/h6-9H,1-5H2. The molecular formula is C12H14F. The quantitative estimate of drug-likeness (QED) is 0.613. The first-order valence-corrected chi connectivity index (χ1v) is 4.97. The molecule has 13 heavy (non-hydrogen) atoms. The second-order valence-electron chi connectivity index (χ2n) is 3.67. The Hall–Kier alpha value is -0.850. The highest BCUT2D eigenvalue weighted by Crippen LogP contribution is 2.31. The van der Waals surface area contributed by atoms with Gasteiger partial charge < -0.3 is 0 Å². The van der Waals surface area contributed by atoms with Crippen molar-refractivity contribution >= 4 is 0 Å². The minimum atomic E-state index is -0.139. The first-order chi connectivity index (χ1) is 6.36. The Balaban J connectivity index is 2.10. The average Bonchev–Trinajstić information content (AvgIpc) is 2.20. The summed E-state index contributed by atoms with van der Waals surface area (Å²) in [5, 5.41) is 0. The molecular weight excluding hydrogens is 163 g/mol. The van der Waals surface area contributed by atoms with Gasteiger partial charge in [-0.05, 0) is 30.5 Å². The van der Waals surface area contributed by atoms with E-state index in [1.54, 1.807) is 12.1 Å². The molecule has 0 nitrogen and oxygen atoms in total. The van der Waals surface area contributed by atoms with Crippen LogP contribution in [-0.4, -0.2) is 0 Å². The topological polar surface area (TPSA) is 0 Å². The predicted octanol–water partition coefficient (Wildman–Crippen LogP) is 3.71. The Morgan fingerprint density at radius 1 is 0.846 bits per heavy atom. The van der Waals surface area contributed by atoms with Gasteiger partial charge in [-0.2, -0.15) is 0 Å². The predicted molar refractivity (Wildman–Crippen MR) is 51.8 cm³/mol. The van der Waals surface area contributed by atoms with Gasteiger partial charge in [0.1, 0.15) is 5.82 Å². The third-order valence-electron chi connectivity index (χ3n) is 2.71. The molecule has 1 aromatic rings. The van der Waals surface area contributed by atoms with E-state index >= 15 is 0 Å². The SMILES string of the molecule is Fc1ccc([C]2CCCCC2)cc1. The summed E-state index contributed by atoms with van der Waals surface area (Å²) in [5.74, 6) is 1.37. The average molecular weight is 177 g/mol. The molecule has 1 aromatic carbocycles. The normalized spacial score (nSPS) is 18.8. The van der Waals surface area contributed by atoms with Gasteiger partial charge in [0.2, 0.25) is 0 Å². The van der Waals surface area contributed by atoms with Gasteiger partial charge in [0, 0.05) is 5.92 Å². The van der Waals surface area contributed by atoms with Gasteiger partial charge in [-0.15, -0.1) is 0 Å². The van der Waals surface area contributed by atoms with Gasteiger partial charge in [0.05, 0.1) is 0 Å². The van der Waals surface area contributed by atoms with E-state index in [4.69, 9.17) is 0 Å². The van der Waals surface area contributed by atoms with E-state index in [0.717, 1.165) is 0 Å². The molecule has 0 heterocycles. The second kappa shape index (κ2) is 3.91. The zero-order chi connectivity index (χ0) is 9.10. The number of hydrogen-bond donors (Lipinski definition) is 0. The summed E-state index contributed by atoms with van der Waals surface area (Å²) >= 11 is 0. The van der Waals surface area contributed by atoms with Crippen molar-refractivity contribution in [3.8, 4) is 0 Å². The lowest BCUT2D eigenvalue weighted by molar-refractivity contribution is 0.550. The van der Waals surface area contributed by atoms with Crippen molar-refractivity contribution < 1.29 is 4.39 Å². The van der Waals surface area contributed by atoms with E-state index in [0.29, 0.717) is 0 Å². The maximum Gasteiger partial charge on any atom is 0.123 e. The number of benzene rings is 1. The first kappa shape index (κ1) is 8.74. The van der Waals surface area contributed by atoms with Crippen LogP contribution in [0.5, 0.6) is 0 Å². The third kappa shape index (κ3) is 2.09. The highest BCUT2D eigenvalue weighted by Gasteiger charge is 2.15. The lowest BCUT2D eigenvalue weighted by atomic mass is 9.84. The van der Waals surface area contributed by atoms with Crippen LogP contribution in [0.25, 0.3) is 0 Å². The maximum atomic E-state index is 12.6. The van der Waals surface area contributed by atoms with Gasteiger partial charge >= 0.3 is 0 Å². The van der Waals surface area contributed by atoms with Crippen LogP contribution in [0, 0.1) is 11.7 Å². The van der Waals surface area contributed by atoms with Gasteiger partial charge in [0.25, 0.3) is 0 Å². The van der Waals surface area contributed by atoms with E-state index in [1.165, 1.54) is 43.6 Å². The molecule has 0 bridgehead atoms. The molecule has 69 valence electrons. The molecule has 0 spiro atoms. The molecule has 1 aliphatic rings. The smallest absolute Gasteiger partial charge is 0.123 e. The number of halogens is 1. The molecule has 0 aliphatic heterocycles. The van der Waals surface area contributed by atoms with E-state index in [2.05, 4.69) is 0 Å². The van der Waals surface area contributed by atoms with Gasteiger partial charge in [-0.25, -0.2) is 4.39 Å². The molecule has 1 fully saturated rings. The third-order valence-corrected chi connectivity index (χ3v) is 2.71. The van der Waals surface area contributed by atoms with Crippen LogP contribution in [0.2, 0.25) is 0 Å². The summed E-state index contributed by atoms with van der Waals surface area (Å²) in [6.45, 7) is 0. The van der Waals surface area contributed by atoms with Crippen molar-refractivity contribution in [3.05, 3.63) is 41.6 Å². The molecule has 0 N–H and O–H groups in total. The van der Waals surface area contributed by atoms with Crippen LogP contribution in [0.3, 0.4) is 0 Å². The Labute approximate surface area is 78.8 Å². The fourth-order valence-electron chi connectivity index (χ4n) is 1.95. The molecule has 0 aromatic heterocycles. The Morgan fingerprint density at radius 3 is 2.08 bits per heavy atom. The lowest BCUT2D eigenvalue weighted by Gasteiger charge is -2.20. The molecule has 1 aliphatic carbocycles. The summed E-state index contributed by atoms with van der Waals surface area (Å²) in [5.41, 5.74) is 1.24. The molecule has 2 rings (SSSR count). The Kier molecular flexibility index (Phi) is 2.62. The molecule has 1 saturated carbocycles. The van der Waals surface area contributed by atoms with Crippen LogP contribution in [0.4, 0.5) is 4.39 Å². The Bertz CT molecular complexity index is 257. The number of rotatable bonds is 1. The summed E-state index contributed by atoms with van der Waals surface area (Å²) in [7, 11) is 0. The van der Waals surface area contributed by atoms with Crippen LogP contribution in [-0.2, 0) is 0 Å². The molecule has 0 atom stereocenters. The van der Waals surface area contributed by atoms with Crippen molar-refractivity contribution in [2.75, 3.05) is 0 Å². The van der Waals surface area contributed by atoms with Gasteiger partial charge in [-0.1, -0.05) is 31.4 Å². The minimum Gasteiger partial charge on any atom is -0.207 e. The van der Waals surface area contributed by atoms with Crippen LogP contribution >= 0.6 is 0 Å². The summed E-state index contributed by atoms with van der Waals surface area (Å²) < 4.78 is 12.6. The maximum absolute atomic E-state index is 12.6. The molecule has 0 unspecified atom stereocenters. The second-order valence-corrected chi connectivity index (χ2v) is 3.67. The lowest BCUT2D eigenvalue weighted by Crippen LogP contribution is -2.05. The monoisotopic (exact) mass is 177 g/mol.